The molecule has 0 fully saturated rings. The van der Waals surface area contributed by atoms with E-state index in [4.69, 9.17) is 5.11 Å². The van der Waals surface area contributed by atoms with Gasteiger partial charge in [0, 0.05) is 11.7 Å². The van der Waals surface area contributed by atoms with Gasteiger partial charge in [-0.25, -0.2) is 4.79 Å². The minimum atomic E-state index is -0.840. The van der Waals surface area contributed by atoms with Crippen LogP contribution in [-0.4, -0.2) is 17.1 Å². The number of fused-ring (bicyclic) bond motifs is 1. The van der Waals surface area contributed by atoms with Crippen LogP contribution in [0.4, 0.5) is 5.69 Å². The molecule has 0 saturated heterocycles. The summed E-state index contributed by atoms with van der Waals surface area (Å²) in [6.45, 7) is 2.05. The lowest BCUT2D eigenvalue weighted by Crippen LogP contribution is -2.08. The van der Waals surface area contributed by atoms with Gasteiger partial charge >= 0.3 is 5.97 Å². The lowest BCUT2D eigenvalue weighted by molar-refractivity contribution is 0.0696. The molecule has 1 aromatic rings. The molecule has 68 valence electrons. The molecule has 1 aliphatic heterocycles. The van der Waals surface area contributed by atoms with Crippen molar-refractivity contribution in [2.24, 2.45) is 0 Å². The van der Waals surface area contributed by atoms with Crippen molar-refractivity contribution in [1.29, 1.82) is 0 Å². The maximum atomic E-state index is 10.8. The Morgan fingerprint density at radius 2 is 2.38 bits per heavy atom. The molecule has 0 aromatic heterocycles. The normalized spacial score (nSPS) is 19.3. The molecule has 1 aromatic carbocycles. The van der Waals surface area contributed by atoms with E-state index in [1.807, 2.05) is 13.0 Å². The summed E-state index contributed by atoms with van der Waals surface area (Å²) in [7, 11) is 0. The summed E-state index contributed by atoms with van der Waals surface area (Å²) >= 11 is 0. The minimum absolute atomic E-state index is 0.343. The van der Waals surface area contributed by atoms with Crippen LogP contribution >= 0.6 is 0 Å². The van der Waals surface area contributed by atoms with Gasteiger partial charge in [-0.1, -0.05) is 6.07 Å². The molecule has 2 rings (SSSR count). The van der Waals surface area contributed by atoms with Crippen LogP contribution in [0.15, 0.2) is 18.2 Å². The predicted octanol–water partition coefficient (Wildman–Crippen LogP) is 1.74. The number of aromatic carboxylic acids is 1. The van der Waals surface area contributed by atoms with Crippen LogP contribution in [0.2, 0.25) is 0 Å². The topological polar surface area (TPSA) is 49.3 Å². The maximum Gasteiger partial charge on any atom is 0.336 e. The van der Waals surface area contributed by atoms with Crippen molar-refractivity contribution in [2.45, 2.75) is 19.4 Å². The molecular formula is C10H11NO2. The lowest BCUT2D eigenvalue weighted by atomic mass is 10.0. The molecule has 3 heteroatoms. The third kappa shape index (κ3) is 1.26. The van der Waals surface area contributed by atoms with Gasteiger partial charge in [0.05, 0.1) is 5.56 Å². The molecule has 1 aliphatic rings. The first kappa shape index (κ1) is 8.10. The van der Waals surface area contributed by atoms with Gasteiger partial charge in [-0.05, 0) is 31.0 Å². The number of carbonyl (C=O) groups is 1. The number of hydrogen-bond acceptors (Lipinski definition) is 2. The van der Waals surface area contributed by atoms with E-state index in [9.17, 15) is 4.79 Å². The fraction of sp³-hybridized carbons (Fsp3) is 0.300. The summed E-state index contributed by atoms with van der Waals surface area (Å²) in [5.41, 5.74) is 2.32. The van der Waals surface area contributed by atoms with Crippen molar-refractivity contribution in [3.05, 3.63) is 29.3 Å². The van der Waals surface area contributed by atoms with Crippen LogP contribution in [0.5, 0.6) is 0 Å². The van der Waals surface area contributed by atoms with Gasteiger partial charge in [0.2, 0.25) is 0 Å². The van der Waals surface area contributed by atoms with Crippen molar-refractivity contribution in [3.63, 3.8) is 0 Å². The number of benzene rings is 1. The van der Waals surface area contributed by atoms with E-state index in [0.717, 1.165) is 17.7 Å². The van der Waals surface area contributed by atoms with E-state index in [2.05, 4.69) is 5.32 Å². The van der Waals surface area contributed by atoms with Gasteiger partial charge in [0.1, 0.15) is 0 Å². The number of rotatable bonds is 1. The summed E-state index contributed by atoms with van der Waals surface area (Å²) in [5.74, 6) is -0.840. The van der Waals surface area contributed by atoms with Crippen molar-refractivity contribution < 1.29 is 9.90 Å². The highest BCUT2D eigenvalue weighted by molar-refractivity contribution is 5.92. The molecule has 2 N–H and O–H groups in total. The quantitative estimate of drug-likeness (QED) is 0.687. The van der Waals surface area contributed by atoms with Gasteiger partial charge < -0.3 is 10.4 Å². The second-order valence-electron chi connectivity index (χ2n) is 3.39. The van der Waals surface area contributed by atoms with Gasteiger partial charge in [0.15, 0.2) is 0 Å². The molecule has 0 bridgehead atoms. The maximum absolute atomic E-state index is 10.8. The third-order valence-corrected chi connectivity index (χ3v) is 2.32. The van der Waals surface area contributed by atoms with Crippen molar-refractivity contribution in [2.75, 3.05) is 5.32 Å². The Kier molecular flexibility index (Phi) is 1.72. The van der Waals surface area contributed by atoms with Gasteiger partial charge in [-0.3, -0.25) is 0 Å². The van der Waals surface area contributed by atoms with Gasteiger partial charge in [0.25, 0.3) is 0 Å². The van der Waals surface area contributed by atoms with E-state index in [1.165, 1.54) is 0 Å². The highest BCUT2D eigenvalue weighted by Crippen LogP contribution is 2.28. The number of hydrogen-bond donors (Lipinski definition) is 2. The molecule has 1 unspecified atom stereocenters. The zero-order valence-electron chi connectivity index (χ0n) is 7.37. The Morgan fingerprint density at radius 3 is 3.08 bits per heavy atom. The average Bonchev–Trinajstić information content (AvgIpc) is 2.43. The average molecular weight is 177 g/mol. The van der Waals surface area contributed by atoms with Gasteiger partial charge in [-0.15, -0.1) is 0 Å². The minimum Gasteiger partial charge on any atom is -0.478 e. The number of nitrogens with one attached hydrogen (secondary N) is 1. The summed E-state index contributed by atoms with van der Waals surface area (Å²) in [5, 5.41) is 12.1. The Morgan fingerprint density at radius 1 is 1.62 bits per heavy atom. The summed E-state index contributed by atoms with van der Waals surface area (Å²) in [4.78, 5) is 10.8. The highest BCUT2D eigenvalue weighted by Gasteiger charge is 2.21. The fourth-order valence-corrected chi connectivity index (χ4v) is 1.77. The SMILES string of the molecule is CC1Cc2c(cccc2C(=O)O)N1. The number of carboxylic acid groups (broad SMARTS) is 1. The molecule has 13 heavy (non-hydrogen) atoms. The predicted molar refractivity (Wildman–Crippen MR) is 50.2 cm³/mol. The first-order valence-electron chi connectivity index (χ1n) is 4.30. The molecule has 1 heterocycles. The van der Waals surface area contributed by atoms with Gasteiger partial charge in [-0.2, -0.15) is 0 Å². The Hall–Kier alpha value is -1.51. The van der Waals surface area contributed by atoms with Crippen LogP contribution in [0.3, 0.4) is 0 Å². The largest absolute Gasteiger partial charge is 0.478 e. The molecule has 0 amide bonds. The highest BCUT2D eigenvalue weighted by atomic mass is 16.4. The monoisotopic (exact) mass is 177 g/mol. The summed E-state index contributed by atoms with van der Waals surface area (Å²) < 4.78 is 0. The molecule has 3 nitrogen and oxygen atoms in total. The van der Waals surface area contributed by atoms with E-state index >= 15 is 0 Å². The van der Waals surface area contributed by atoms with E-state index in [1.54, 1.807) is 12.1 Å². The van der Waals surface area contributed by atoms with E-state index in [-0.39, 0.29) is 0 Å². The summed E-state index contributed by atoms with van der Waals surface area (Å²) in [6, 6.07) is 5.69. The second-order valence-corrected chi connectivity index (χ2v) is 3.39. The summed E-state index contributed by atoms with van der Waals surface area (Å²) in [6.07, 6.45) is 0.803. The Bertz CT molecular complexity index is 360. The van der Waals surface area contributed by atoms with E-state index in [0.29, 0.717) is 11.6 Å². The fourth-order valence-electron chi connectivity index (χ4n) is 1.77. The Balaban J connectivity index is 2.51. The zero-order valence-corrected chi connectivity index (χ0v) is 7.37. The van der Waals surface area contributed by atoms with Crippen LogP contribution in [0, 0.1) is 0 Å². The van der Waals surface area contributed by atoms with Crippen molar-refractivity contribution in [3.8, 4) is 0 Å². The van der Waals surface area contributed by atoms with Crippen molar-refractivity contribution in [1.82, 2.24) is 0 Å². The molecule has 0 aliphatic carbocycles. The molecule has 1 atom stereocenters. The smallest absolute Gasteiger partial charge is 0.336 e. The Labute approximate surface area is 76.4 Å². The van der Waals surface area contributed by atoms with Crippen LogP contribution < -0.4 is 5.32 Å². The first-order valence-corrected chi connectivity index (χ1v) is 4.30. The van der Waals surface area contributed by atoms with E-state index < -0.39 is 5.97 Å². The van der Waals surface area contributed by atoms with Crippen molar-refractivity contribution >= 4 is 11.7 Å². The van der Waals surface area contributed by atoms with Crippen LogP contribution in [0.1, 0.15) is 22.8 Å². The number of carboxylic acids is 1. The molecular weight excluding hydrogens is 166 g/mol. The zero-order chi connectivity index (χ0) is 9.42. The molecule has 0 spiro atoms. The number of anilines is 1. The first-order chi connectivity index (χ1) is 6.18. The van der Waals surface area contributed by atoms with Crippen LogP contribution in [-0.2, 0) is 6.42 Å². The second kappa shape index (κ2) is 2.76. The third-order valence-electron chi connectivity index (χ3n) is 2.32. The molecule has 0 saturated carbocycles. The molecule has 0 radical (unpaired) electrons. The van der Waals surface area contributed by atoms with Crippen LogP contribution in [0.25, 0.3) is 0 Å². The lowest BCUT2D eigenvalue weighted by Gasteiger charge is -2.02. The standard InChI is InChI=1S/C10H11NO2/c1-6-5-8-7(10(12)13)3-2-4-9(8)11-6/h2-4,6,11H,5H2,1H3,(H,12,13).